The number of anilines is 1. The molecule has 1 aromatic carbocycles. The normalized spacial score (nSPS) is 20.6. The average Bonchev–Trinajstić information content (AvgIpc) is 2.50. The van der Waals surface area contributed by atoms with Gasteiger partial charge in [0.25, 0.3) is 0 Å². The maximum atomic E-state index is 11.9. The third kappa shape index (κ3) is 4.59. The van der Waals surface area contributed by atoms with Crippen molar-refractivity contribution in [3.05, 3.63) is 27.2 Å². The Balaban J connectivity index is 2.35. The second-order valence-electron chi connectivity index (χ2n) is 7.35. The number of carboxylic acid groups (broad SMARTS) is 1. The van der Waals surface area contributed by atoms with Crippen molar-refractivity contribution in [2.45, 2.75) is 64.1 Å². The fraction of sp³-hybridized carbons (Fsp3) is 0.556. The number of nitriles is 1. The first-order valence-electron chi connectivity index (χ1n) is 8.33. The van der Waals surface area contributed by atoms with Gasteiger partial charge in [0.2, 0.25) is 0 Å². The summed E-state index contributed by atoms with van der Waals surface area (Å²) in [6, 6.07) is 5.36. The number of rotatable bonds is 3. The van der Waals surface area contributed by atoms with Crippen LogP contribution in [0.15, 0.2) is 16.6 Å². The van der Waals surface area contributed by atoms with Crippen LogP contribution in [0.25, 0.3) is 0 Å². The number of nitrogens with zero attached hydrogens (tertiary/aromatic N) is 2. The number of benzene rings is 1. The highest BCUT2D eigenvalue weighted by Gasteiger charge is 2.39. The number of halogens is 2. The van der Waals surface area contributed by atoms with E-state index in [9.17, 15) is 15.2 Å². The quantitative estimate of drug-likeness (QED) is 0.668. The van der Waals surface area contributed by atoms with E-state index in [1.165, 1.54) is 4.90 Å². The highest BCUT2D eigenvalue weighted by atomic mass is 79.9. The number of amides is 1. The Morgan fingerprint density at radius 1 is 1.40 bits per heavy atom. The molecule has 0 bridgehead atoms. The molecular weight excluding hydrogens is 406 g/mol. The molecule has 1 fully saturated rings. The molecule has 2 N–H and O–H groups in total. The molecule has 1 aliphatic carbocycles. The van der Waals surface area contributed by atoms with Crippen LogP contribution in [0.2, 0.25) is 5.02 Å². The SMILES string of the molecule is CC(C)(C)N(C(=O)O)[C@H]1CCCC[C@@H]1Nc1cc(Cl)c(Br)cc1C#N. The Hall–Kier alpha value is -1.45. The summed E-state index contributed by atoms with van der Waals surface area (Å²) < 4.78 is 0.665. The van der Waals surface area contributed by atoms with Gasteiger partial charge in [0.1, 0.15) is 6.07 Å². The zero-order valence-corrected chi connectivity index (χ0v) is 17.0. The van der Waals surface area contributed by atoms with E-state index in [1.807, 2.05) is 20.8 Å². The van der Waals surface area contributed by atoms with Crippen LogP contribution in [0.1, 0.15) is 52.0 Å². The molecule has 5 nitrogen and oxygen atoms in total. The molecule has 0 heterocycles. The predicted octanol–water partition coefficient (Wildman–Crippen LogP) is 5.48. The molecule has 2 atom stereocenters. The van der Waals surface area contributed by atoms with Crippen molar-refractivity contribution < 1.29 is 9.90 Å². The average molecular weight is 429 g/mol. The maximum absolute atomic E-state index is 11.9. The zero-order chi connectivity index (χ0) is 18.8. The van der Waals surface area contributed by atoms with Crippen molar-refractivity contribution in [3.63, 3.8) is 0 Å². The van der Waals surface area contributed by atoms with Gasteiger partial charge in [0.05, 0.1) is 22.3 Å². The summed E-state index contributed by atoms with van der Waals surface area (Å²) in [6.07, 6.45) is 2.75. The Morgan fingerprint density at radius 3 is 2.60 bits per heavy atom. The van der Waals surface area contributed by atoms with E-state index in [0.29, 0.717) is 20.7 Å². The first-order valence-corrected chi connectivity index (χ1v) is 9.50. The molecule has 25 heavy (non-hydrogen) atoms. The van der Waals surface area contributed by atoms with Crippen LogP contribution in [-0.2, 0) is 0 Å². The van der Waals surface area contributed by atoms with Crippen molar-refractivity contribution in [2.75, 3.05) is 5.32 Å². The van der Waals surface area contributed by atoms with Crippen LogP contribution in [0, 0.1) is 11.3 Å². The summed E-state index contributed by atoms with van der Waals surface area (Å²) in [6.45, 7) is 5.72. The molecule has 136 valence electrons. The van der Waals surface area contributed by atoms with Crippen LogP contribution in [0.5, 0.6) is 0 Å². The Kier molecular flexibility index (Phi) is 6.23. The van der Waals surface area contributed by atoms with E-state index >= 15 is 0 Å². The lowest BCUT2D eigenvalue weighted by Gasteiger charge is -2.45. The van der Waals surface area contributed by atoms with Gasteiger partial charge in [-0.3, -0.25) is 4.90 Å². The Labute approximate surface area is 162 Å². The molecule has 0 radical (unpaired) electrons. The van der Waals surface area contributed by atoms with Gasteiger partial charge in [-0.25, -0.2) is 4.79 Å². The van der Waals surface area contributed by atoms with E-state index in [2.05, 4.69) is 27.3 Å². The second kappa shape index (κ2) is 7.84. The van der Waals surface area contributed by atoms with Gasteiger partial charge in [-0.2, -0.15) is 5.26 Å². The molecule has 0 saturated heterocycles. The van der Waals surface area contributed by atoms with Crippen molar-refractivity contribution in [3.8, 4) is 6.07 Å². The van der Waals surface area contributed by atoms with Gasteiger partial charge in [-0.1, -0.05) is 24.4 Å². The fourth-order valence-electron chi connectivity index (χ4n) is 3.47. The van der Waals surface area contributed by atoms with Gasteiger partial charge in [0, 0.05) is 16.1 Å². The number of carbonyl (C=O) groups is 1. The minimum atomic E-state index is -0.916. The first kappa shape index (κ1) is 19.9. The second-order valence-corrected chi connectivity index (χ2v) is 8.61. The zero-order valence-electron chi connectivity index (χ0n) is 14.6. The molecule has 1 aromatic rings. The summed E-state index contributed by atoms with van der Waals surface area (Å²) in [5.74, 6) is 0. The third-order valence-corrected chi connectivity index (χ3v) is 5.71. The number of hydrogen-bond acceptors (Lipinski definition) is 3. The fourth-order valence-corrected chi connectivity index (χ4v) is 3.98. The van der Waals surface area contributed by atoms with Gasteiger partial charge >= 0.3 is 6.09 Å². The lowest BCUT2D eigenvalue weighted by atomic mass is 9.86. The monoisotopic (exact) mass is 427 g/mol. The first-order chi connectivity index (χ1) is 11.6. The van der Waals surface area contributed by atoms with Gasteiger partial charge in [-0.15, -0.1) is 0 Å². The topological polar surface area (TPSA) is 76.4 Å². The van der Waals surface area contributed by atoms with E-state index in [1.54, 1.807) is 12.1 Å². The molecule has 0 spiro atoms. The van der Waals surface area contributed by atoms with Gasteiger partial charge in [-0.05, 0) is 61.7 Å². The van der Waals surface area contributed by atoms with Crippen LogP contribution in [0.3, 0.4) is 0 Å². The Bertz CT molecular complexity index is 697. The number of nitrogens with one attached hydrogen (secondary N) is 1. The highest BCUT2D eigenvalue weighted by molar-refractivity contribution is 9.10. The van der Waals surface area contributed by atoms with Crippen LogP contribution in [-0.4, -0.2) is 33.7 Å². The van der Waals surface area contributed by atoms with E-state index in [-0.39, 0.29) is 12.1 Å². The highest BCUT2D eigenvalue weighted by Crippen LogP contribution is 2.34. The van der Waals surface area contributed by atoms with Gasteiger partial charge in [0.15, 0.2) is 0 Å². The van der Waals surface area contributed by atoms with Crippen molar-refractivity contribution in [1.29, 1.82) is 5.26 Å². The minimum Gasteiger partial charge on any atom is -0.465 e. The maximum Gasteiger partial charge on any atom is 0.408 e. The predicted molar refractivity (Wildman–Crippen MR) is 103 cm³/mol. The standard InChI is InChI=1S/C18H23BrClN3O2/c1-18(2,3)23(17(24)25)16-7-5-4-6-14(16)22-15-9-13(20)12(19)8-11(15)10-21/h8-9,14,16,22H,4-7H2,1-3H3,(H,24,25)/t14-,16-/m0/s1. The summed E-state index contributed by atoms with van der Waals surface area (Å²) >= 11 is 9.51. The van der Waals surface area contributed by atoms with E-state index < -0.39 is 11.6 Å². The minimum absolute atomic E-state index is 0.0617. The van der Waals surface area contributed by atoms with Crippen LogP contribution < -0.4 is 5.32 Å². The lowest BCUT2D eigenvalue weighted by molar-refractivity contribution is 0.0520. The molecular formula is C18H23BrClN3O2. The summed E-state index contributed by atoms with van der Waals surface area (Å²) in [5, 5.41) is 23.0. The van der Waals surface area contributed by atoms with Crippen LogP contribution in [0.4, 0.5) is 10.5 Å². The van der Waals surface area contributed by atoms with Gasteiger partial charge < -0.3 is 10.4 Å². The summed E-state index contributed by atoms with van der Waals surface area (Å²) in [7, 11) is 0. The number of hydrogen-bond donors (Lipinski definition) is 2. The van der Waals surface area contributed by atoms with Crippen LogP contribution >= 0.6 is 27.5 Å². The van der Waals surface area contributed by atoms with E-state index in [0.717, 1.165) is 25.7 Å². The van der Waals surface area contributed by atoms with Crippen molar-refractivity contribution >= 4 is 39.3 Å². The van der Waals surface area contributed by atoms with E-state index in [4.69, 9.17) is 11.6 Å². The molecule has 2 rings (SSSR count). The molecule has 0 aromatic heterocycles. The largest absolute Gasteiger partial charge is 0.465 e. The molecule has 7 heteroatoms. The summed E-state index contributed by atoms with van der Waals surface area (Å²) in [4.78, 5) is 13.4. The molecule has 0 unspecified atom stereocenters. The molecule has 1 saturated carbocycles. The lowest BCUT2D eigenvalue weighted by Crippen LogP contribution is -2.58. The molecule has 1 aliphatic rings. The Morgan fingerprint density at radius 2 is 2.04 bits per heavy atom. The third-order valence-electron chi connectivity index (χ3n) is 4.51. The molecule has 0 aliphatic heterocycles. The molecule has 1 amide bonds. The van der Waals surface area contributed by atoms with Crippen molar-refractivity contribution in [2.24, 2.45) is 0 Å². The summed E-state index contributed by atoms with van der Waals surface area (Å²) in [5.41, 5.74) is 0.633. The smallest absolute Gasteiger partial charge is 0.408 e. The van der Waals surface area contributed by atoms with Crippen molar-refractivity contribution in [1.82, 2.24) is 4.90 Å².